The summed E-state index contributed by atoms with van der Waals surface area (Å²) in [6, 6.07) is 16.2. The maximum absolute atomic E-state index is 12.0. The molecule has 0 aliphatic carbocycles. The molecule has 140 valence electrons. The van der Waals surface area contributed by atoms with Crippen molar-refractivity contribution in [3.05, 3.63) is 93.1 Å². The molecule has 1 amide bonds. The lowest BCUT2D eigenvalue weighted by molar-refractivity contribution is -0.385. The highest BCUT2D eigenvalue weighted by Crippen LogP contribution is 2.21. The molecule has 2 aromatic carbocycles. The Bertz CT molecular complexity index is 1020. The molecule has 1 N–H and O–H groups in total. The van der Waals surface area contributed by atoms with Crippen molar-refractivity contribution in [1.82, 2.24) is 10.4 Å². The van der Waals surface area contributed by atoms with Crippen molar-refractivity contribution in [2.24, 2.45) is 5.10 Å². The molecule has 0 radical (unpaired) electrons. The van der Waals surface area contributed by atoms with Gasteiger partial charge in [0, 0.05) is 12.1 Å². The van der Waals surface area contributed by atoms with E-state index in [0.29, 0.717) is 16.3 Å². The van der Waals surface area contributed by atoms with Crippen LogP contribution < -0.4 is 10.2 Å². The van der Waals surface area contributed by atoms with Gasteiger partial charge < -0.3 is 4.74 Å². The zero-order valence-corrected chi connectivity index (χ0v) is 15.0. The average molecular weight is 397 g/mol. The number of aromatic nitrogens is 1. The van der Waals surface area contributed by atoms with Crippen molar-refractivity contribution >= 4 is 29.4 Å². The molecule has 8 nitrogen and oxygen atoms in total. The number of amides is 1. The minimum Gasteiger partial charge on any atom is -0.439 e. The minimum atomic E-state index is -0.532. The number of rotatable bonds is 6. The third kappa shape index (κ3) is 4.89. The molecule has 0 atom stereocenters. The maximum Gasteiger partial charge on any atom is 0.287 e. The number of ether oxygens (including phenoxy) is 1. The van der Waals surface area contributed by atoms with Crippen LogP contribution in [-0.2, 0) is 0 Å². The highest BCUT2D eigenvalue weighted by molar-refractivity contribution is 6.33. The third-order valence-electron chi connectivity index (χ3n) is 3.53. The second-order valence-corrected chi connectivity index (χ2v) is 5.87. The monoisotopic (exact) mass is 396 g/mol. The van der Waals surface area contributed by atoms with E-state index in [1.54, 1.807) is 48.5 Å². The molecule has 0 aliphatic rings. The maximum atomic E-state index is 12.0. The molecule has 3 rings (SSSR count). The number of carbonyl (C=O) groups is 1. The van der Waals surface area contributed by atoms with Crippen molar-refractivity contribution < 1.29 is 14.5 Å². The van der Waals surface area contributed by atoms with Gasteiger partial charge in [-0.2, -0.15) is 5.10 Å². The molecule has 0 unspecified atom stereocenters. The van der Waals surface area contributed by atoms with Gasteiger partial charge in [0.05, 0.1) is 21.7 Å². The van der Waals surface area contributed by atoms with Crippen LogP contribution in [0.15, 0.2) is 72.0 Å². The van der Waals surface area contributed by atoms with Crippen molar-refractivity contribution in [1.29, 1.82) is 0 Å². The Labute approximate surface area is 164 Å². The van der Waals surface area contributed by atoms with Gasteiger partial charge in [0.1, 0.15) is 11.9 Å². The first-order valence-corrected chi connectivity index (χ1v) is 8.37. The molecule has 9 heteroatoms. The standard InChI is InChI=1S/C19H13ClN4O4/c20-17-4-2-1-3-16(17)19(25)23-22-11-13-5-8-15(9-6-13)28-18-10-7-14(12-21-18)24(26)27/h1-12H,(H,23,25)/b22-11-. The number of halogens is 1. The van der Waals surface area contributed by atoms with Crippen LogP contribution in [0.3, 0.4) is 0 Å². The number of benzene rings is 2. The largest absolute Gasteiger partial charge is 0.439 e. The fourth-order valence-electron chi connectivity index (χ4n) is 2.15. The van der Waals surface area contributed by atoms with E-state index < -0.39 is 10.8 Å². The molecule has 0 fully saturated rings. The van der Waals surface area contributed by atoms with Crippen LogP contribution in [0, 0.1) is 10.1 Å². The number of hydrazone groups is 1. The summed E-state index contributed by atoms with van der Waals surface area (Å²) in [5.41, 5.74) is 3.35. The molecule has 1 heterocycles. The van der Waals surface area contributed by atoms with Gasteiger partial charge in [-0.15, -0.1) is 0 Å². The summed E-state index contributed by atoms with van der Waals surface area (Å²) in [7, 11) is 0. The summed E-state index contributed by atoms with van der Waals surface area (Å²) in [4.78, 5) is 26.0. The Morgan fingerprint density at radius 3 is 2.54 bits per heavy atom. The molecule has 1 aromatic heterocycles. The van der Waals surface area contributed by atoms with E-state index in [-0.39, 0.29) is 11.6 Å². The second-order valence-electron chi connectivity index (χ2n) is 5.46. The number of nitro groups is 1. The lowest BCUT2D eigenvalue weighted by atomic mass is 10.2. The van der Waals surface area contributed by atoms with Crippen LogP contribution in [0.1, 0.15) is 15.9 Å². The van der Waals surface area contributed by atoms with Crippen molar-refractivity contribution in [3.63, 3.8) is 0 Å². The van der Waals surface area contributed by atoms with E-state index in [2.05, 4.69) is 15.5 Å². The van der Waals surface area contributed by atoms with Gasteiger partial charge in [-0.05, 0) is 42.0 Å². The fourth-order valence-corrected chi connectivity index (χ4v) is 2.38. The quantitative estimate of drug-likeness (QED) is 0.381. The zero-order chi connectivity index (χ0) is 19.9. The molecule has 0 spiro atoms. The summed E-state index contributed by atoms with van der Waals surface area (Å²) in [5, 5.41) is 14.9. The molecule has 28 heavy (non-hydrogen) atoms. The Morgan fingerprint density at radius 2 is 1.89 bits per heavy atom. The third-order valence-corrected chi connectivity index (χ3v) is 3.86. The van der Waals surface area contributed by atoms with Crippen LogP contribution in [0.2, 0.25) is 5.02 Å². The van der Waals surface area contributed by atoms with E-state index in [0.717, 1.165) is 11.8 Å². The van der Waals surface area contributed by atoms with Crippen LogP contribution in [0.5, 0.6) is 11.6 Å². The molecule has 0 saturated heterocycles. The van der Waals surface area contributed by atoms with Gasteiger partial charge in [0.15, 0.2) is 0 Å². The predicted octanol–water partition coefficient (Wildman–Crippen LogP) is 4.20. The van der Waals surface area contributed by atoms with E-state index in [4.69, 9.17) is 16.3 Å². The highest BCUT2D eigenvalue weighted by atomic mass is 35.5. The molecule has 0 bridgehead atoms. The second kappa shape index (κ2) is 8.74. The summed E-state index contributed by atoms with van der Waals surface area (Å²) in [5.74, 6) is 0.323. The molecule has 3 aromatic rings. The lowest BCUT2D eigenvalue weighted by Crippen LogP contribution is -2.17. The van der Waals surface area contributed by atoms with E-state index in [1.807, 2.05) is 0 Å². The first kappa shape index (κ1) is 19.0. The summed E-state index contributed by atoms with van der Waals surface area (Å²) in [6.07, 6.45) is 2.60. The summed E-state index contributed by atoms with van der Waals surface area (Å²) >= 11 is 5.96. The Hall–Kier alpha value is -3.78. The van der Waals surface area contributed by atoms with Gasteiger partial charge in [0.2, 0.25) is 5.88 Å². The normalized spacial score (nSPS) is 10.6. The van der Waals surface area contributed by atoms with Crippen LogP contribution in [-0.4, -0.2) is 22.0 Å². The summed E-state index contributed by atoms with van der Waals surface area (Å²) in [6.45, 7) is 0. The average Bonchev–Trinajstić information content (AvgIpc) is 2.70. The molecule has 0 saturated carbocycles. The van der Waals surface area contributed by atoms with Gasteiger partial charge in [-0.25, -0.2) is 10.4 Å². The Balaban J connectivity index is 1.58. The fraction of sp³-hybridized carbons (Fsp3) is 0. The van der Waals surface area contributed by atoms with Gasteiger partial charge in [-0.1, -0.05) is 23.7 Å². The minimum absolute atomic E-state index is 0.113. The topological polar surface area (TPSA) is 107 Å². The van der Waals surface area contributed by atoms with Crippen LogP contribution >= 0.6 is 11.6 Å². The number of carbonyl (C=O) groups excluding carboxylic acids is 1. The Kier molecular flexibility index (Phi) is 5.93. The predicted molar refractivity (Wildman–Crippen MR) is 104 cm³/mol. The van der Waals surface area contributed by atoms with E-state index in [9.17, 15) is 14.9 Å². The lowest BCUT2D eigenvalue weighted by Gasteiger charge is -2.04. The van der Waals surface area contributed by atoms with Gasteiger partial charge in [-0.3, -0.25) is 14.9 Å². The number of nitrogens with zero attached hydrogens (tertiary/aromatic N) is 3. The smallest absolute Gasteiger partial charge is 0.287 e. The van der Waals surface area contributed by atoms with E-state index in [1.165, 1.54) is 18.3 Å². The van der Waals surface area contributed by atoms with Crippen LogP contribution in [0.25, 0.3) is 0 Å². The van der Waals surface area contributed by atoms with Crippen LogP contribution in [0.4, 0.5) is 5.69 Å². The summed E-state index contributed by atoms with van der Waals surface area (Å²) < 4.78 is 5.52. The van der Waals surface area contributed by atoms with Gasteiger partial charge >= 0.3 is 0 Å². The number of pyridine rings is 1. The SMILES string of the molecule is O=C(N/N=C\c1ccc(Oc2ccc([N+](=O)[O-])cn2)cc1)c1ccccc1Cl. The number of nitrogens with one attached hydrogen (secondary N) is 1. The highest BCUT2D eigenvalue weighted by Gasteiger charge is 2.08. The molecule has 0 aliphatic heterocycles. The van der Waals surface area contributed by atoms with Crippen molar-refractivity contribution in [2.75, 3.05) is 0 Å². The number of hydrogen-bond donors (Lipinski definition) is 1. The number of hydrogen-bond acceptors (Lipinski definition) is 6. The van der Waals surface area contributed by atoms with Crippen molar-refractivity contribution in [3.8, 4) is 11.6 Å². The first-order valence-electron chi connectivity index (χ1n) is 7.99. The van der Waals surface area contributed by atoms with Gasteiger partial charge in [0.25, 0.3) is 11.6 Å². The molecular weight excluding hydrogens is 384 g/mol. The molecular formula is C19H13ClN4O4. The Morgan fingerprint density at radius 1 is 1.14 bits per heavy atom. The van der Waals surface area contributed by atoms with Crippen molar-refractivity contribution in [2.45, 2.75) is 0 Å². The zero-order valence-electron chi connectivity index (χ0n) is 14.3. The first-order chi connectivity index (χ1) is 13.5. The van der Waals surface area contributed by atoms with E-state index >= 15 is 0 Å².